The molecule has 0 aliphatic rings. The molecule has 0 saturated heterocycles. The first-order valence-corrected chi connectivity index (χ1v) is 4.14. The number of aryl methyl sites for hydroxylation is 1. The van der Waals surface area contributed by atoms with Crippen LogP contribution in [-0.2, 0) is 0 Å². The molecule has 2 aromatic rings. The van der Waals surface area contributed by atoms with Gasteiger partial charge in [0.1, 0.15) is 0 Å². The molecule has 12 nitrogen and oxygen atoms in total. The fourth-order valence-electron chi connectivity index (χ4n) is 1.06. The van der Waals surface area contributed by atoms with Gasteiger partial charge in [0.05, 0.1) is 0 Å². The smallest absolute Gasteiger partial charge is 0.390 e. The summed E-state index contributed by atoms with van der Waals surface area (Å²) in [5.41, 5.74) is 0. The number of nitro groups is 2. The lowest BCUT2D eigenvalue weighted by Gasteiger charge is -1.85. The minimum absolute atomic E-state index is 0.144. The summed E-state index contributed by atoms with van der Waals surface area (Å²) < 4.78 is 0.932. The Bertz CT molecular complexity index is 599. The Morgan fingerprint density at radius 1 is 1.24 bits per heavy atom. The molecule has 0 saturated carbocycles. The van der Waals surface area contributed by atoms with Crippen molar-refractivity contribution in [1.82, 2.24) is 29.9 Å². The highest BCUT2D eigenvalue weighted by Gasteiger charge is 2.25. The monoisotopic (exact) mass is 240 g/mol. The average molecular weight is 240 g/mol. The van der Waals surface area contributed by atoms with Crippen molar-refractivity contribution in [3.05, 3.63) is 26.1 Å². The van der Waals surface area contributed by atoms with Crippen LogP contribution in [0, 0.1) is 27.2 Å². The molecular formula is C5H4N8O4. The van der Waals surface area contributed by atoms with Gasteiger partial charge in [-0.15, -0.1) is 5.10 Å². The molecule has 0 aromatic carbocycles. The van der Waals surface area contributed by atoms with Crippen LogP contribution in [0.5, 0.6) is 0 Å². The van der Waals surface area contributed by atoms with E-state index < -0.39 is 21.7 Å². The minimum Gasteiger partial charge on any atom is -0.390 e. The highest BCUT2D eigenvalue weighted by molar-refractivity contribution is 5.18. The van der Waals surface area contributed by atoms with Crippen molar-refractivity contribution in [3.8, 4) is 5.95 Å². The van der Waals surface area contributed by atoms with Gasteiger partial charge in [-0.25, -0.2) is 0 Å². The number of aromatic nitrogens is 6. The topological polar surface area (TPSA) is 159 Å². The fourth-order valence-corrected chi connectivity index (χ4v) is 1.06. The zero-order valence-electron chi connectivity index (χ0n) is 8.26. The molecule has 0 radical (unpaired) electrons. The van der Waals surface area contributed by atoms with E-state index >= 15 is 0 Å². The molecule has 0 fully saturated rings. The molecule has 2 aromatic heterocycles. The predicted octanol–water partition coefficient (Wildman–Crippen LogP) is -0.490. The molecular weight excluding hydrogens is 236 g/mol. The Kier molecular flexibility index (Phi) is 2.23. The maximum Gasteiger partial charge on any atom is 0.491 e. The standard InChI is InChI=1S/C5H4N8O4/c1-2-6-5(13(16)17)10-11(2)3-7-4(9-8-3)12(14)15/h1H3,(H,7,8,9). The van der Waals surface area contributed by atoms with Crippen LogP contribution in [0.25, 0.3) is 5.95 Å². The summed E-state index contributed by atoms with van der Waals surface area (Å²) in [6.45, 7) is 1.43. The van der Waals surface area contributed by atoms with E-state index in [1.165, 1.54) is 6.92 Å². The summed E-state index contributed by atoms with van der Waals surface area (Å²) in [5.74, 6) is -1.26. The van der Waals surface area contributed by atoms with E-state index in [1.807, 2.05) is 0 Å². The van der Waals surface area contributed by atoms with E-state index in [9.17, 15) is 20.2 Å². The quantitative estimate of drug-likeness (QED) is 0.555. The van der Waals surface area contributed by atoms with Gasteiger partial charge in [-0.1, -0.05) is 9.78 Å². The van der Waals surface area contributed by atoms with Gasteiger partial charge in [0.25, 0.3) is 0 Å². The second kappa shape index (κ2) is 3.58. The van der Waals surface area contributed by atoms with Crippen molar-refractivity contribution in [2.75, 3.05) is 0 Å². The van der Waals surface area contributed by atoms with Crippen molar-refractivity contribution in [3.63, 3.8) is 0 Å². The van der Waals surface area contributed by atoms with E-state index in [-0.39, 0.29) is 11.8 Å². The average Bonchev–Trinajstić information content (AvgIpc) is 2.83. The summed E-state index contributed by atoms with van der Waals surface area (Å²) in [6.07, 6.45) is 0. The molecule has 12 heteroatoms. The molecule has 2 rings (SSSR count). The second-order valence-electron chi connectivity index (χ2n) is 2.84. The van der Waals surface area contributed by atoms with Gasteiger partial charge >= 0.3 is 17.8 Å². The van der Waals surface area contributed by atoms with Crippen LogP contribution in [0.3, 0.4) is 0 Å². The van der Waals surface area contributed by atoms with Crippen LogP contribution < -0.4 is 0 Å². The highest BCUT2D eigenvalue weighted by atomic mass is 16.6. The Morgan fingerprint density at radius 3 is 2.41 bits per heavy atom. The Balaban J connectivity index is 2.45. The Morgan fingerprint density at radius 2 is 1.94 bits per heavy atom. The Labute approximate surface area is 91.6 Å². The summed E-state index contributed by atoms with van der Waals surface area (Å²) in [7, 11) is 0. The number of H-pyrrole nitrogens is 1. The van der Waals surface area contributed by atoms with Crippen LogP contribution in [0.2, 0.25) is 0 Å². The minimum atomic E-state index is -0.787. The lowest BCUT2D eigenvalue weighted by Crippen LogP contribution is -2.02. The summed E-state index contributed by atoms with van der Waals surface area (Å²) >= 11 is 0. The fraction of sp³-hybridized carbons (Fsp3) is 0.200. The largest absolute Gasteiger partial charge is 0.491 e. The van der Waals surface area contributed by atoms with Crippen LogP contribution in [0.4, 0.5) is 11.9 Å². The van der Waals surface area contributed by atoms with Crippen LogP contribution in [0.15, 0.2) is 0 Å². The van der Waals surface area contributed by atoms with E-state index in [2.05, 4.69) is 25.3 Å². The molecule has 0 spiro atoms. The van der Waals surface area contributed by atoms with Gasteiger partial charge in [-0.2, -0.15) is 0 Å². The van der Waals surface area contributed by atoms with Crippen molar-refractivity contribution in [2.45, 2.75) is 6.92 Å². The van der Waals surface area contributed by atoms with E-state index in [0.717, 1.165) is 4.68 Å². The van der Waals surface area contributed by atoms with Gasteiger partial charge in [-0.3, -0.25) is 0 Å². The van der Waals surface area contributed by atoms with Crippen LogP contribution in [-0.4, -0.2) is 39.8 Å². The van der Waals surface area contributed by atoms with Gasteiger partial charge < -0.3 is 20.2 Å². The summed E-state index contributed by atoms with van der Waals surface area (Å²) in [6, 6.07) is 0. The van der Waals surface area contributed by atoms with Crippen molar-refractivity contribution in [1.29, 1.82) is 0 Å². The van der Waals surface area contributed by atoms with Gasteiger partial charge in [0.15, 0.2) is 0 Å². The zero-order valence-corrected chi connectivity index (χ0v) is 8.26. The molecule has 0 aliphatic carbocycles. The van der Waals surface area contributed by atoms with Gasteiger partial charge in [-0.05, 0) is 19.8 Å². The first kappa shape index (κ1) is 10.6. The lowest BCUT2D eigenvalue weighted by molar-refractivity contribution is -0.394. The number of nitrogens with one attached hydrogen (secondary N) is 1. The third-order valence-electron chi connectivity index (χ3n) is 1.75. The first-order chi connectivity index (χ1) is 7.99. The van der Waals surface area contributed by atoms with E-state index in [4.69, 9.17) is 0 Å². The molecule has 0 bridgehead atoms. The SMILES string of the molecule is Cc1nc([N+](=O)[O-])nn1-c1n[nH]c([N+](=O)[O-])n1. The molecule has 17 heavy (non-hydrogen) atoms. The number of aromatic amines is 1. The van der Waals surface area contributed by atoms with Crippen molar-refractivity contribution < 1.29 is 9.85 Å². The second-order valence-corrected chi connectivity index (χ2v) is 2.84. The lowest BCUT2D eigenvalue weighted by atomic mass is 10.7. The number of nitrogens with zero attached hydrogens (tertiary/aromatic N) is 7. The van der Waals surface area contributed by atoms with Crippen molar-refractivity contribution in [2.24, 2.45) is 0 Å². The third kappa shape index (κ3) is 1.77. The molecule has 0 amide bonds. The van der Waals surface area contributed by atoms with Crippen molar-refractivity contribution >= 4 is 11.9 Å². The maximum atomic E-state index is 10.4. The molecule has 0 aliphatic heterocycles. The zero-order chi connectivity index (χ0) is 12.6. The number of hydrogen-bond acceptors (Lipinski definition) is 8. The van der Waals surface area contributed by atoms with Crippen LogP contribution >= 0.6 is 0 Å². The summed E-state index contributed by atoms with van der Waals surface area (Å²) in [5, 5.41) is 29.8. The molecule has 0 atom stereocenters. The van der Waals surface area contributed by atoms with E-state index in [1.54, 1.807) is 0 Å². The maximum absolute atomic E-state index is 10.4. The highest BCUT2D eigenvalue weighted by Crippen LogP contribution is 2.11. The third-order valence-corrected chi connectivity index (χ3v) is 1.75. The first-order valence-electron chi connectivity index (χ1n) is 4.14. The number of rotatable bonds is 3. The molecule has 0 unspecified atom stereocenters. The van der Waals surface area contributed by atoms with E-state index in [0.29, 0.717) is 0 Å². The molecule has 88 valence electrons. The molecule has 2 heterocycles. The van der Waals surface area contributed by atoms with Crippen LogP contribution in [0.1, 0.15) is 5.82 Å². The normalized spacial score (nSPS) is 10.4. The molecule has 1 N–H and O–H groups in total. The Hall–Kier alpha value is -2.92. The summed E-state index contributed by atoms with van der Waals surface area (Å²) in [4.78, 5) is 26.2. The van der Waals surface area contributed by atoms with Gasteiger partial charge in [0.2, 0.25) is 5.82 Å². The van der Waals surface area contributed by atoms with Gasteiger partial charge in [0, 0.05) is 12.0 Å². The predicted molar refractivity (Wildman–Crippen MR) is 49.3 cm³/mol. The number of hydrogen-bond donors (Lipinski definition) is 1.